The van der Waals surface area contributed by atoms with Gasteiger partial charge < -0.3 is 15.0 Å². The van der Waals surface area contributed by atoms with Crippen LogP contribution in [0.2, 0.25) is 0 Å². The number of nitrogen functional groups attached to an aromatic ring is 1. The third-order valence-electron chi connectivity index (χ3n) is 2.91. The maximum atomic E-state index is 12.1. The number of carbonyl (C=O) groups is 1. The van der Waals surface area contributed by atoms with Crippen LogP contribution < -0.4 is 5.73 Å². The second-order valence-corrected chi connectivity index (χ2v) is 5.37. The fourth-order valence-electron chi connectivity index (χ4n) is 1.96. The zero-order valence-electron chi connectivity index (χ0n) is 11.3. The highest BCUT2D eigenvalue weighted by Gasteiger charge is 2.14. The highest BCUT2D eigenvalue weighted by Crippen LogP contribution is 2.18. The van der Waals surface area contributed by atoms with Crippen molar-refractivity contribution in [3.05, 3.63) is 52.3 Å². The first-order valence-electron chi connectivity index (χ1n) is 6.48. The summed E-state index contributed by atoms with van der Waals surface area (Å²) in [6, 6.07) is 9.31. The van der Waals surface area contributed by atoms with Crippen molar-refractivity contribution in [2.75, 3.05) is 5.73 Å². The van der Waals surface area contributed by atoms with Crippen molar-refractivity contribution in [2.45, 2.75) is 26.5 Å². The summed E-state index contributed by atoms with van der Waals surface area (Å²) in [5.74, 6) is -0.356. The molecule has 0 saturated heterocycles. The SMILES string of the molecule is CCCn1cc(N)cc1C(=O)OCc1ccccc1Br. The zero-order chi connectivity index (χ0) is 14.5. The van der Waals surface area contributed by atoms with E-state index < -0.39 is 0 Å². The fourth-order valence-corrected chi connectivity index (χ4v) is 2.36. The molecule has 0 atom stereocenters. The number of aromatic nitrogens is 1. The number of esters is 1. The van der Waals surface area contributed by atoms with Crippen LogP contribution in [0, 0.1) is 0 Å². The normalized spacial score (nSPS) is 10.5. The number of carbonyl (C=O) groups excluding carboxylic acids is 1. The van der Waals surface area contributed by atoms with Gasteiger partial charge in [0.25, 0.3) is 0 Å². The minimum atomic E-state index is -0.356. The van der Waals surface area contributed by atoms with Crippen molar-refractivity contribution >= 4 is 27.6 Å². The first kappa shape index (κ1) is 14.7. The van der Waals surface area contributed by atoms with Crippen molar-refractivity contribution in [1.29, 1.82) is 0 Å². The summed E-state index contributed by atoms with van der Waals surface area (Å²) in [7, 11) is 0. The number of aryl methyl sites for hydroxylation is 1. The Morgan fingerprint density at radius 3 is 2.85 bits per heavy atom. The van der Waals surface area contributed by atoms with Gasteiger partial charge >= 0.3 is 5.97 Å². The van der Waals surface area contributed by atoms with Crippen LogP contribution in [0.1, 0.15) is 29.4 Å². The van der Waals surface area contributed by atoms with Gasteiger partial charge in [0.15, 0.2) is 0 Å². The van der Waals surface area contributed by atoms with Crippen LogP contribution in [-0.2, 0) is 17.9 Å². The number of benzene rings is 1. The van der Waals surface area contributed by atoms with E-state index >= 15 is 0 Å². The number of ether oxygens (including phenoxy) is 1. The van der Waals surface area contributed by atoms with Crippen molar-refractivity contribution in [1.82, 2.24) is 4.57 Å². The molecule has 4 nitrogen and oxygen atoms in total. The monoisotopic (exact) mass is 336 g/mol. The number of anilines is 1. The molecule has 106 valence electrons. The molecule has 0 aliphatic heterocycles. The van der Waals surface area contributed by atoms with Gasteiger partial charge in [-0.2, -0.15) is 0 Å². The molecule has 5 heteroatoms. The molecule has 2 N–H and O–H groups in total. The van der Waals surface area contributed by atoms with E-state index in [0.717, 1.165) is 23.0 Å². The van der Waals surface area contributed by atoms with Crippen LogP contribution in [-0.4, -0.2) is 10.5 Å². The van der Waals surface area contributed by atoms with E-state index in [9.17, 15) is 4.79 Å². The molecule has 0 radical (unpaired) electrons. The summed E-state index contributed by atoms with van der Waals surface area (Å²) in [5.41, 5.74) is 7.75. The molecule has 0 saturated carbocycles. The molecule has 1 aromatic heterocycles. The van der Waals surface area contributed by atoms with Crippen LogP contribution in [0.5, 0.6) is 0 Å². The minimum Gasteiger partial charge on any atom is -0.456 e. The Balaban J connectivity index is 2.07. The summed E-state index contributed by atoms with van der Waals surface area (Å²) in [4.78, 5) is 12.1. The molecule has 20 heavy (non-hydrogen) atoms. The van der Waals surface area contributed by atoms with Crippen LogP contribution in [0.15, 0.2) is 41.0 Å². The molecule has 0 aliphatic carbocycles. The lowest BCUT2D eigenvalue weighted by molar-refractivity contribution is 0.0459. The van der Waals surface area contributed by atoms with E-state index in [-0.39, 0.29) is 12.6 Å². The Bertz CT molecular complexity index is 608. The number of nitrogens with zero attached hydrogens (tertiary/aromatic N) is 1. The molecular formula is C15H17BrN2O2. The Morgan fingerprint density at radius 1 is 1.40 bits per heavy atom. The highest BCUT2D eigenvalue weighted by molar-refractivity contribution is 9.10. The third kappa shape index (κ3) is 3.42. The van der Waals surface area contributed by atoms with E-state index in [1.807, 2.05) is 35.8 Å². The molecule has 0 fully saturated rings. The summed E-state index contributed by atoms with van der Waals surface area (Å²) in [5, 5.41) is 0. The third-order valence-corrected chi connectivity index (χ3v) is 3.68. The molecule has 0 unspecified atom stereocenters. The van der Waals surface area contributed by atoms with Crippen LogP contribution in [0.3, 0.4) is 0 Å². The summed E-state index contributed by atoms with van der Waals surface area (Å²) < 4.78 is 8.11. The number of rotatable bonds is 5. The van der Waals surface area contributed by atoms with Gasteiger partial charge in [-0.25, -0.2) is 4.79 Å². The Kier molecular flexibility index (Phi) is 4.84. The second-order valence-electron chi connectivity index (χ2n) is 4.52. The van der Waals surface area contributed by atoms with Gasteiger partial charge in [-0.1, -0.05) is 41.1 Å². The first-order chi connectivity index (χ1) is 9.61. The van der Waals surface area contributed by atoms with E-state index in [1.165, 1.54) is 0 Å². The molecule has 2 aromatic rings. The number of hydrogen-bond donors (Lipinski definition) is 1. The summed E-state index contributed by atoms with van der Waals surface area (Å²) >= 11 is 3.43. The van der Waals surface area contributed by atoms with Crippen molar-refractivity contribution in [3.8, 4) is 0 Å². The van der Waals surface area contributed by atoms with E-state index in [1.54, 1.807) is 12.3 Å². The van der Waals surface area contributed by atoms with Gasteiger partial charge in [0.2, 0.25) is 0 Å². The molecule has 0 amide bonds. The van der Waals surface area contributed by atoms with E-state index in [2.05, 4.69) is 15.9 Å². The Hall–Kier alpha value is -1.75. The number of nitrogens with two attached hydrogens (primary N) is 1. The van der Waals surface area contributed by atoms with Gasteiger partial charge in [-0.05, 0) is 18.6 Å². The minimum absolute atomic E-state index is 0.234. The fraction of sp³-hybridized carbons (Fsp3) is 0.267. The average molecular weight is 337 g/mol. The first-order valence-corrected chi connectivity index (χ1v) is 7.27. The summed E-state index contributed by atoms with van der Waals surface area (Å²) in [6.45, 7) is 3.03. The molecule has 1 aromatic carbocycles. The van der Waals surface area contributed by atoms with Gasteiger partial charge in [0.05, 0.1) is 5.69 Å². The number of halogens is 1. The van der Waals surface area contributed by atoms with Gasteiger partial charge in [0.1, 0.15) is 12.3 Å². The quantitative estimate of drug-likeness (QED) is 0.848. The maximum Gasteiger partial charge on any atom is 0.355 e. The maximum absolute atomic E-state index is 12.1. The predicted octanol–water partition coefficient (Wildman–Crippen LogP) is 3.60. The molecule has 0 aliphatic rings. The Labute approximate surface area is 126 Å². The lowest BCUT2D eigenvalue weighted by Crippen LogP contribution is -2.11. The average Bonchev–Trinajstić information content (AvgIpc) is 2.79. The van der Waals surface area contributed by atoms with Gasteiger partial charge in [-0.15, -0.1) is 0 Å². The van der Waals surface area contributed by atoms with E-state index in [4.69, 9.17) is 10.5 Å². The van der Waals surface area contributed by atoms with Gasteiger partial charge in [0, 0.05) is 22.8 Å². The van der Waals surface area contributed by atoms with Gasteiger partial charge in [-0.3, -0.25) is 0 Å². The van der Waals surface area contributed by atoms with Crippen molar-refractivity contribution in [3.63, 3.8) is 0 Å². The largest absolute Gasteiger partial charge is 0.456 e. The predicted molar refractivity (Wildman–Crippen MR) is 82.4 cm³/mol. The molecule has 0 spiro atoms. The van der Waals surface area contributed by atoms with Crippen molar-refractivity contribution in [2.24, 2.45) is 0 Å². The molecule has 2 rings (SSSR count). The smallest absolute Gasteiger partial charge is 0.355 e. The van der Waals surface area contributed by atoms with Crippen LogP contribution >= 0.6 is 15.9 Å². The topological polar surface area (TPSA) is 57.2 Å². The second kappa shape index (κ2) is 6.61. The molecule has 0 bridgehead atoms. The molecule has 1 heterocycles. The number of hydrogen-bond acceptors (Lipinski definition) is 3. The van der Waals surface area contributed by atoms with E-state index in [0.29, 0.717) is 11.4 Å². The Morgan fingerprint density at radius 2 is 2.15 bits per heavy atom. The standard InChI is InChI=1S/C15H17BrN2O2/c1-2-7-18-9-12(17)8-14(18)15(19)20-10-11-5-3-4-6-13(11)16/h3-6,8-9H,2,7,10,17H2,1H3. The van der Waals surface area contributed by atoms with Crippen LogP contribution in [0.4, 0.5) is 5.69 Å². The van der Waals surface area contributed by atoms with Crippen molar-refractivity contribution < 1.29 is 9.53 Å². The highest BCUT2D eigenvalue weighted by atomic mass is 79.9. The lowest BCUT2D eigenvalue weighted by Gasteiger charge is -2.09. The lowest BCUT2D eigenvalue weighted by atomic mass is 10.2. The zero-order valence-corrected chi connectivity index (χ0v) is 12.9. The summed E-state index contributed by atoms with van der Waals surface area (Å²) in [6.07, 6.45) is 2.69. The molecular weight excluding hydrogens is 320 g/mol. The van der Waals surface area contributed by atoms with Crippen LogP contribution in [0.25, 0.3) is 0 Å².